The summed E-state index contributed by atoms with van der Waals surface area (Å²) in [6, 6.07) is 6.00. The van der Waals surface area contributed by atoms with Gasteiger partial charge in [0.25, 0.3) is 0 Å². The average molecular weight is 230 g/mol. The van der Waals surface area contributed by atoms with Crippen molar-refractivity contribution < 1.29 is 9.47 Å². The van der Waals surface area contributed by atoms with Crippen LogP contribution in [-0.2, 0) is 0 Å². The van der Waals surface area contributed by atoms with Gasteiger partial charge in [0.1, 0.15) is 13.2 Å². The Bertz CT molecular complexity index is 330. The quantitative estimate of drug-likeness (QED) is 0.846. The van der Waals surface area contributed by atoms with Gasteiger partial charge >= 0.3 is 0 Å². The van der Waals surface area contributed by atoms with E-state index in [-0.39, 0.29) is 18.4 Å². The number of hydrogen-bond acceptors (Lipinski definition) is 3. The number of benzene rings is 1. The van der Waals surface area contributed by atoms with Crippen LogP contribution in [-0.4, -0.2) is 13.2 Å². The molecular weight excluding hydrogens is 214 g/mol. The summed E-state index contributed by atoms with van der Waals surface area (Å²) in [5, 5.41) is 0. The van der Waals surface area contributed by atoms with Gasteiger partial charge in [0.2, 0.25) is 0 Å². The second kappa shape index (κ2) is 5.24. The lowest BCUT2D eigenvalue weighted by atomic mass is 10.0. The zero-order valence-corrected chi connectivity index (χ0v) is 9.55. The van der Waals surface area contributed by atoms with Gasteiger partial charge in [-0.15, -0.1) is 12.4 Å². The molecule has 0 radical (unpaired) electrons. The predicted octanol–water partition coefficient (Wildman–Crippen LogP) is 2.29. The van der Waals surface area contributed by atoms with Crippen molar-refractivity contribution >= 4 is 12.4 Å². The Kier molecular flexibility index (Phi) is 4.24. The molecule has 2 N–H and O–H groups in total. The fourth-order valence-corrected chi connectivity index (χ4v) is 1.53. The maximum Gasteiger partial charge on any atom is 0.161 e. The zero-order chi connectivity index (χ0) is 9.97. The van der Waals surface area contributed by atoms with E-state index in [1.165, 1.54) is 0 Å². The van der Waals surface area contributed by atoms with E-state index in [4.69, 9.17) is 15.2 Å². The minimum atomic E-state index is 0. The average Bonchev–Trinajstić information content (AvgIpc) is 2.27. The Morgan fingerprint density at radius 2 is 1.93 bits per heavy atom. The van der Waals surface area contributed by atoms with Crippen molar-refractivity contribution in [1.82, 2.24) is 0 Å². The van der Waals surface area contributed by atoms with Crippen LogP contribution in [0.1, 0.15) is 24.9 Å². The first-order chi connectivity index (χ1) is 6.81. The first-order valence-electron chi connectivity index (χ1n) is 4.96. The molecule has 1 aromatic carbocycles. The Hall–Kier alpha value is -0.930. The Balaban J connectivity index is 0.00000112. The molecular formula is C11H16ClNO2. The molecule has 0 fully saturated rings. The van der Waals surface area contributed by atoms with E-state index in [1.807, 2.05) is 18.2 Å². The number of rotatable bonds is 2. The normalized spacial score (nSPS) is 15.3. The van der Waals surface area contributed by atoms with Crippen LogP contribution in [0, 0.1) is 0 Å². The number of ether oxygens (including phenoxy) is 2. The van der Waals surface area contributed by atoms with Gasteiger partial charge in [0, 0.05) is 6.04 Å². The number of halogens is 1. The fourth-order valence-electron chi connectivity index (χ4n) is 1.53. The van der Waals surface area contributed by atoms with E-state index in [0.717, 1.165) is 23.5 Å². The molecule has 2 rings (SSSR count). The van der Waals surface area contributed by atoms with Crippen molar-refractivity contribution in [2.75, 3.05) is 13.2 Å². The minimum Gasteiger partial charge on any atom is -0.486 e. The van der Waals surface area contributed by atoms with E-state index in [9.17, 15) is 0 Å². The molecule has 0 saturated carbocycles. The molecule has 0 aliphatic carbocycles. The van der Waals surface area contributed by atoms with Crippen LogP contribution >= 0.6 is 12.4 Å². The van der Waals surface area contributed by atoms with Gasteiger partial charge in [-0.05, 0) is 24.1 Å². The van der Waals surface area contributed by atoms with Gasteiger partial charge in [0.05, 0.1) is 0 Å². The van der Waals surface area contributed by atoms with Crippen LogP contribution in [0.25, 0.3) is 0 Å². The van der Waals surface area contributed by atoms with E-state index >= 15 is 0 Å². The maximum absolute atomic E-state index is 5.93. The summed E-state index contributed by atoms with van der Waals surface area (Å²) < 4.78 is 10.9. The zero-order valence-electron chi connectivity index (χ0n) is 8.73. The Labute approximate surface area is 96.0 Å². The molecule has 0 aromatic heterocycles. The highest BCUT2D eigenvalue weighted by Gasteiger charge is 2.13. The van der Waals surface area contributed by atoms with Crippen molar-refractivity contribution in [3.63, 3.8) is 0 Å². The molecule has 15 heavy (non-hydrogen) atoms. The highest BCUT2D eigenvalue weighted by Crippen LogP contribution is 2.32. The molecule has 1 aliphatic rings. The lowest BCUT2D eigenvalue weighted by Gasteiger charge is -2.20. The van der Waals surface area contributed by atoms with Crippen molar-refractivity contribution in [2.45, 2.75) is 19.4 Å². The molecule has 1 aromatic rings. The lowest BCUT2D eigenvalue weighted by Crippen LogP contribution is -2.16. The van der Waals surface area contributed by atoms with Gasteiger partial charge in [0.15, 0.2) is 11.5 Å². The summed E-state index contributed by atoms with van der Waals surface area (Å²) in [6.07, 6.45) is 0.930. The molecule has 3 nitrogen and oxygen atoms in total. The van der Waals surface area contributed by atoms with Gasteiger partial charge in [-0.2, -0.15) is 0 Å². The van der Waals surface area contributed by atoms with Crippen LogP contribution in [0.3, 0.4) is 0 Å². The summed E-state index contributed by atoms with van der Waals surface area (Å²) in [4.78, 5) is 0. The first kappa shape index (κ1) is 12.1. The fraction of sp³-hybridized carbons (Fsp3) is 0.455. The third-order valence-electron chi connectivity index (χ3n) is 2.43. The van der Waals surface area contributed by atoms with E-state index in [1.54, 1.807) is 0 Å². The van der Waals surface area contributed by atoms with Gasteiger partial charge < -0.3 is 15.2 Å². The highest BCUT2D eigenvalue weighted by atomic mass is 35.5. The van der Waals surface area contributed by atoms with Gasteiger partial charge in [-0.3, -0.25) is 0 Å². The molecule has 0 bridgehead atoms. The molecule has 0 amide bonds. The molecule has 1 aliphatic heterocycles. The minimum absolute atomic E-state index is 0. The van der Waals surface area contributed by atoms with Gasteiger partial charge in [-0.1, -0.05) is 13.0 Å². The predicted molar refractivity (Wildman–Crippen MR) is 61.9 cm³/mol. The molecule has 1 atom stereocenters. The highest BCUT2D eigenvalue weighted by molar-refractivity contribution is 5.85. The molecule has 0 unspecified atom stereocenters. The monoisotopic (exact) mass is 229 g/mol. The third kappa shape index (κ3) is 2.55. The second-order valence-corrected chi connectivity index (χ2v) is 3.42. The summed E-state index contributed by atoms with van der Waals surface area (Å²) in [5.41, 5.74) is 7.04. The largest absolute Gasteiger partial charge is 0.486 e. The van der Waals surface area contributed by atoms with Crippen LogP contribution < -0.4 is 15.2 Å². The molecule has 0 saturated heterocycles. The Morgan fingerprint density at radius 1 is 1.27 bits per heavy atom. The third-order valence-corrected chi connectivity index (χ3v) is 2.43. The number of nitrogens with two attached hydrogens (primary N) is 1. The number of fused-ring (bicyclic) bond motifs is 1. The number of hydrogen-bond donors (Lipinski definition) is 1. The molecule has 0 spiro atoms. The van der Waals surface area contributed by atoms with E-state index in [2.05, 4.69) is 6.92 Å². The first-order valence-corrected chi connectivity index (χ1v) is 4.96. The topological polar surface area (TPSA) is 44.5 Å². The molecule has 1 heterocycles. The van der Waals surface area contributed by atoms with Crippen molar-refractivity contribution in [3.8, 4) is 11.5 Å². The Morgan fingerprint density at radius 3 is 2.60 bits per heavy atom. The second-order valence-electron chi connectivity index (χ2n) is 3.42. The van der Waals surface area contributed by atoms with Crippen LogP contribution in [0.15, 0.2) is 18.2 Å². The standard InChI is InChI=1S/C11H15NO2.ClH/c1-2-9(12)8-3-4-10-11(7-8)14-6-5-13-10;/h3-4,7,9H,2,5-6,12H2,1H3;1H/t9-;/m0./s1. The smallest absolute Gasteiger partial charge is 0.161 e. The molecule has 4 heteroatoms. The van der Waals surface area contributed by atoms with E-state index in [0.29, 0.717) is 13.2 Å². The SMILES string of the molecule is CC[C@H](N)c1ccc2c(c1)OCCO2.Cl. The van der Waals surface area contributed by atoms with Crippen molar-refractivity contribution in [1.29, 1.82) is 0 Å². The summed E-state index contributed by atoms with van der Waals surface area (Å²) in [6.45, 7) is 3.32. The molecule has 84 valence electrons. The van der Waals surface area contributed by atoms with Gasteiger partial charge in [-0.25, -0.2) is 0 Å². The maximum atomic E-state index is 5.93. The summed E-state index contributed by atoms with van der Waals surface area (Å²) >= 11 is 0. The summed E-state index contributed by atoms with van der Waals surface area (Å²) in [5.74, 6) is 1.64. The summed E-state index contributed by atoms with van der Waals surface area (Å²) in [7, 11) is 0. The lowest BCUT2D eigenvalue weighted by molar-refractivity contribution is 0.171. The van der Waals surface area contributed by atoms with Crippen LogP contribution in [0.2, 0.25) is 0 Å². The van der Waals surface area contributed by atoms with Crippen LogP contribution in [0.4, 0.5) is 0 Å². The van der Waals surface area contributed by atoms with E-state index < -0.39 is 0 Å². The van der Waals surface area contributed by atoms with Crippen molar-refractivity contribution in [3.05, 3.63) is 23.8 Å². The van der Waals surface area contributed by atoms with Crippen LogP contribution in [0.5, 0.6) is 11.5 Å². The van der Waals surface area contributed by atoms with Crippen molar-refractivity contribution in [2.24, 2.45) is 5.73 Å².